The predicted octanol–water partition coefficient (Wildman–Crippen LogP) is 0.960. The number of rotatable bonds is 2. The Morgan fingerprint density at radius 3 is 2.38 bits per heavy atom. The van der Waals surface area contributed by atoms with E-state index in [9.17, 15) is 9.90 Å². The van der Waals surface area contributed by atoms with Crippen LogP contribution in [0.1, 0.15) is 44.9 Å². The van der Waals surface area contributed by atoms with E-state index in [-0.39, 0.29) is 5.91 Å². The van der Waals surface area contributed by atoms with Crippen molar-refractivity contribution in [1.29, 1.82) is 0 Å². The second kappa shape index (κ2) is 3.29. The molecule has 2 fully saturated rings. The lowest BCUT2D eigenvalue weighted by Gasteiger charge is -2.23. The quantitative estimate of drug-likeness (QED) is 0.670. The molecular formula is C10H17NO2. The van der Waals surface area contributed by atoms with Gasteiger partial charge in [-0.25, -0.2) is 0 Å². The van der Waals surface area contributed by atoms with Gasteiger partial charge in [-0.15, -0.1) is 0 Å². The Hall–Kier alpha value is -0.570. The standard InChI is InChI=1S/C10H17NO2/c12-9(10(13)6-7-10)11-8-4-2-1-3-5-8/h8,13H,1-7H2,(H,11,12). The minimum atomic E-state index is -0.989. The molecule has 0 aromatic rings. The van der Waals surface area contributed by atoms with Gasteiger partial charge in [-0.1, -0.05) is 19.3 Å². The molecule has 0 heterocycles. The minimum absolute atomic E-state index is 0.139. The van der Waals surface area contributed by atoms with Crippen LogP contribution in [-0.2, 0) is 4.79 Å². The molecule has 0 aromatic heterocycles. The fourth-order valence-corrected chi connectivity index (χ4v) is 1.91. The molecule has 1 amide bonds. The molecule has 74 valence electrons. The monoisotopic (exact) mass is 183 g/mol. The number of amides is 1. The van der Waals surface area contributed by atoms with Crippen molar-refractivity contribution in [1.82, 2.24) is 5.32 Å². The smallest absolute Gasteiger partial charge is 0.252 e. The zero-order chi connectivity index (χ0) is 9.31. The molecule has 3 nitrogen and oxygen atoms in total. The zero-order valence-corrected chi connectivity index (χ0v) is 7.88. The fraction of sp³-hybridized carbons (Fsp3) is 0.900. The van der Waals surface area contributed by atoms with E-state index in [4.69, 9.17) is 0 Å². The lowest BCUT2D eigenvalue weighted by atomic mass is 9.95. The summed E-state index contributed by atoms with van der Waals surface area (Å²) in [5.41, 5.74) is -0.989. The number of hydrogen-bond donors (Lipinski definition) is 2. The molecule has 2 aliphatic rings. The summed E-state index contributed by atoms with van der Waals surface area (Å²) in [6.45, 7) is 0. The number of carbonyl (C=O) groups is 1. The molecule has 0 bridgehead atoms. The van der Waals surface area contributed by atoms with Gasteiger partial charge in [-0.2, -0.15) is 0 Å². The zero-order valence-electron chi connectivity index (χ0n) is 7.88. The predicted molar refractivity (Wildman–Crippen MR) is 49.2 cm³/mol. The van der Waals surface area contributed by atoms with E-state index in [0.717, 1.165) is 12.8 Å². The van der Waals surface area contributed by atoms with E-state index in [1.807, 2.05) is 0 Å². The summed E-state index contributed by atoms with van der Waals surface area (Å²) >= 11 is 0. The molecule has 0 spiro atoms. The Labute approximate surface area is 78.5 Å². The molecule has 3 heteroatoms. The van der Waals surface area contributed by atoms with E-state index in [1.165, 1.54) is 19.3 Å². The Balaban J connectivity index is 1.79. The first-order valence-corrected chi connectivity index (χ1v) is 5.24. The molecule has 2 saturated carbocycles. The van der Waals surface area contributed by atoms with Crippen LogP contribution in [0.25, 0.3) is 0 Å². The molecule has 0 aromatic carbocycles. The molecule has 0 atom stereocenters. The first kappa shape index (κ1) is 9.00. The van der Waals surface area contributed by atoms with Crippen LogP contribution >= 0.6 is 0 Å². The molecule has 0 saturated heterocycles. The maximum atomic E-state index is 11.4. The average molecular weight is 183 g/mol. The third kappa shape index (κ3) is 2.02. The number of aliphatic hydroxyl groups is 1. The van der Waals surface area contributed by atoms with E-state index < -0.39 is 5.60 Å². The van der Waals surface area contributed by atoms with Gasteiger partial charge in [-0.05, 0) is 25.7 Å². The van der Waals surface area contributed by atoms with Gasteiger partial charge in [0.1, 0.15) is 5.60 Å². The average Bonchev–Trinajstić information content (AvgIpc) is 2.87. The summed E-state index contributed by atoms with van der Waals surface area (Å²) < 4.78 is 0. The molecule has 2 N–H and O–H groups in total. The van der Waals surface area contributed by atoms with Crippen molar-refractivity contribution in [3.05, 3.63) is 0 Å². The van der Waals surface area contributed by atoms with Crippen LogP contribution in [0.4, 0.5) is 0 Å². The maximum absolute atomic E-state index is 11.4. The SMILES string of the molecule is O=C(NC1CCCCC1)C1(O)CC1. The number of hydrogen-bond acceptors (Lipinski definition) is 2. The first-order valence-electron chi connectivity index (χ1n) is 5.24. The van der Waals surface area contributed by atoms with E-state index in [0.29, 0.717) is 18.9 Å². The van der Waals surface area contributed by atoms with Gasteiger partial charge < -0.3 is 10.4 Å². The first-order chi connectivity index (χ1) is 6.21. The Kier molecular flexibility index (Phi) is 2.28. The number of nitrogens with one attached hydrogen (secondary N) is 1. The van der Waals surface area contributed by atoms with Gasteiger partial charge in [0.2, 0.25) is 0 Å². The molecular weight excluding hydrogens is 166 g/mol. The van der Waals surface area contributed by atoms with Crippen LogP contribution in [0.2, 0.25) is 0 Å². The number of carbonyl (C=O) groups excluding carboxylic acids is 1. The van der Waals surface area contributed by atoms with Crippen molar-refractivity contribution in [2.45, 2.75) is 56.6 Å². The van der Waals surface area contributed by atoms with E-state index >= 15 is 0 Å². The van der Waals surface area contributed by atoms with Crippen LogP contribution in [0.5, 0.6) is 0 Å². The third-order valence-electron chi connectivity index (χ3n) is 3.09. The van der Waals surface area contributed by atoms with Crippen molar-refractivity contribution in [2.24, 2.45) is 0 Å². The summed E-state index contributed by atoms with van der Waals surface area (Å²) in [6, 6.07) is 0.325. The normalized spacial score (nSPS) is 26.8. The summed E-state index contributed by atoms with van der Waals surface area (Å²) in [7, 11) is 0. The van der Waals surface area contributed by atoms with E-state index in [2.05, 4.69) is 5.32 Å². The third-order valence-corrected chi connectivity index (χ3v) is 3.09. The molecule has 0 radical (unpaired) electrons. The topological polar surface area (TPSA) is 49.3 Å². The lowest BCUT2D eigenvalue weighted by molar-refractivity contribution is -0.132. The minimum Gasteiger partial charge on any atom is -0.380 e. The summed E-state index contributed by atoms with van der Waals surface area (Å²) in [5, 5.41) is 12.4. The summed E-state index contributed by atoms with van der Waals surface area (Å²) in [5.74, 6) is -0.139. The Morgan fingerprint density at radius 1 is 1.23 bits per heavy atom. The van der Waals surface area contributed by atoms with Crippen molar-refractivity contribution in [3.63, 3.8) is 0 Å². The van der Waals surface area contributed by atoms with Crippen LogP contribution < -0.4 is 5.32 Å². The fourth-order valence-electron chi connectivity index (χ4n) is 1.91. The van der Waals surface area contributed by atoms with Gasteiger partial charge >= 0.3 is 0 Å². The maximum Gasteiger partial charge on any atom is 0.252 e. The van der Waals surface area contributed by atoms with Crippen LogP contribution in [0, 0.1) is 0 Å². The molecule has 2 aliphatic carbocycles. The van der Waals surface area contributed by atoms with Gasteiger partial charge in [-0.3, -0.25) is 4.79 Å². The van der Waals surface area contributed by atoms with Crippen LogP contribution in [0.3, 0.4) is 0 Å². The van der Waals surface area contributed by atoms with Gasteiger partial charge in [0.25, 0.3) is 5.91 Å². The van der Waals surface area contributed by atoms with Crippen LogP contribution in [0.15, 0.2) is 0 Å². The highest BCUT2D eigenvalue weighted by Gasteiger charge is 2.48. The van der Waals surface area contributed by atoms with Crippen molar-refractivity contribution < 1.29 is 9.90 Å². The molecule has 0 unspecified atom stereocenters. The van der Waals surface area contributed by atoms with Crippen molar-refractivity contribution >= 4 is 5.91 Å². The van der Waals surface area contributed by atoms with Gasteiger partial charge in [0.05, 0.1) is 0 Å². The highest BCUT2D eigenvalue weighted by Crippen LogP contribution is 2.35. The molecule has 2 rings (SSSR count). The Bertz CT molecular complexity index is 205. The van der Waals surface area contributed by atoms with Gasteiger partial charge in [0, 0.05) is 6.04 Å². The van der Waals surface area contributed by atoms with Gasteiger partial charge in [0.15, 0.2) is 0 Å². The summed E-state index contributed by atoms with van der Waals surface area (Å²) in [6.07, 6.45) is 7.17. The highest BCUT2D eigenvalue weighted by molar-refractivity contribution is 5.87. The summed E-state index contributed by atoms with van der Waals surface area (Å²) in [4.78, 5) is 11.4. The lowest BCUT2D eigenvalue weighted by Crippen LogP contribution is -2.43. The van der Waals surface area contributed by atoms with Crippen molar-refractivity contribution in [2.75, 3.05) is 0 Å². The second-order valence-electron chi connectivity index (χ2n) is 4.34. The molecule has 13 heavy (non-hydrogen) atoms. The van der Waals surface area contributed by atoms with Crippen LogP contribution in [-0.4, -0.2) is 22.7 Å². The largest absolute Gasteiger partial charge is 0.380 e. The molecule has 0 aliphatic heterocycles. The van der Waals surface area contributed by atoms with Crippen molar-refractivity contribution in [3.8, 4) is 0 Å². The van der Waals surface area contributed by atoms with E-state index in [1.54, 1.807) is 0 Å². The Morgan fingerprint density at radius 2 is 1.85 bits per heavy atom. The highest BCUT2D eigenvalue weighted by atomic mass is 16.3. The second-order valence-corrected chi connectivity index (χ2v) is 4.34.